The van der Waals surface area contributed by atoms with E-state index < -0.39 is 22.4 Å². The van der Waals surface area contributed by atoms with Crippen molar-refractivity contribution in [1.29, 1.82) is 0 Å². The number of hydrogen-bond acceptors (Lipinski definition) is 6. The maximum atomic E-state index is 12.3. The zero-order valence-electron chi connectivity index (χ0n) is 12.2. The van der Waals surface area contributed by atoms with Crippen LogP contribution in [0.3, 0.4) is 0 Å². The van der Waals surface area contributed by atoms with Gasteiger partial charge >= 0.3 is 5.97 Å². The Bertz CT molecular complexity index is 567. The monoisotopic (exact) mass is 330 g/mol. The van der Waals surface area contributed by atoms with Crippen LogP contribution in [0.5, 0.6) is 0 Å². The number of hydrogen-bond donors (Lipinski definition) is 0. The molecular weight excluding hydrogens is 312 g/mol. The Morgan fingerprint density at radius 2 is 1.95 bits per heavy atom. The van der Waals surface area contributed by atoms with Crippen molar-refractivity contribution in [2.45, 2.75) is 26.4 Å². The molecule has 2 rings (SSSR count). The Hall–Kier alpha value is -1.28. The molecule has 8 heteroatoms. The van der Waals surface area contributed by atoms with Crippen LogP contribution >= 0.6 is 11.3 Å². The maximum Gasteiger partial charge on any atom is 0.358 e. The van der Waals surface area contributed by atoms with Crippen LogP contribution in [0.25, 0.3) is 0 Å². The number of nitrogens with zero attached hydrogens (tertiary/aromatic N) is 2. The number of esters is 1. The van der Waals surface area contributed by atoms with Gasteiger partial charge in [0.1, 0.15) is 5.60 Å². The Kier molecular flexibility index (Phi) is 4.77. The van der Waals surface area contributed by atoms with Crippen LogP contribution in [0.2, 0.25) is 0 Å². The van der Waals surface area contributed by atoms with Crippen LogP contribution in [0, 0.1) is 0 Å². The van der Waals surface area contributed by atoms with Gasteiger partial charge in [-0.15, -0.1) is 11.3 Å². The van der Waals surface area contributed by atoms with Crippen molar-refractivity contribution in [2.75, 3.05) is 24.6 Å². The van der Waals surface area contributed by atoms with E-state index in [1.54, 1.807) is 25.7 Å². The lowest BCUT2D eigenvalue weighted by atomic mass is 10.2. The number of rotatable bonds is 2. The largest absolute Gasteiger partial charge is 0.455 e. The molecule has 0 unspecified atom stereocenters. The molecule has 6 nitrogen and oxygen atoms in total. The van der Waals surface area contributed by atoms with E-state index in [4.69, 9.17) is 4.74 Å². The maximum absolute atomic E-state index is 12.3. The fraction of sp³-hybridized carbons (Fsp3) is 0.615. The van der Waals surface area contributed by atoms with Crippen LogP contribution in [-0.4, -0.2) is 56.2 Å². The number of aromatic nitrogens is 1. The van der Waals surface area contributed by atoms with E-state index in [2.05, 4.69) is 4.98 Å². The Balaban J connectivity index is 2.04. The summed E-state index contributed by atoms with van der Waals surface area (Å²) in [7, 11) is -0.832. The lowest BCUT2D eigenvalue weighted by molar-refractivity contribution is 0.00636. The molecule has 0 aromatic carbocycles. The van der Waals surface area contributed by atoms with Crippen molar-refractivity contribution in [1.82, 2.24) is 9.88 Å². The molecule has 0 aliphatic carbocycles. The summed E-state index contributed by atoms with van der Waals surface area (Å²) in [5, 5.41) is 1.80. The molecule has 1 saturated heterocycles. The molecule has 1 amide bonds. The molecule has 0 atom stereocenters. The molecule has 1 aliphatic heterocycles. The van der Waals surface area contributed by atoms with Gasteiger partial charge < -0.3 is 9.64 Å². The van der Waals surface area contributed by atoms with E-state index in [-0.39, 0.29) is 16.6 Å². The zero-order chi connectivity index (χ0) is 15.6. The average Bonchev–Trinajstić information content (AvgIpc) is 2.86. The molecule has 0 N–H and O–H groups in total. The van der Waals surface area contributed by atoms with Gasteiger partial charge in [0.2, 0.25) is 0 Å². The summed E-state index contributed by atoms with van der Waals surface area (Å²) in [6.07, 6.45) is 0. The van der Waals surface area contributed by atoms with Crippen LogP contribution in [-0.2, 0) is 15.5 Å². The van der Waals surface area contributed by atoms with Crippen LogP contribution < -0.4 is 0 Å². The predicted molar refractivity (Wildman–Crippen MR) is 81.1 cm³/mol. The molecule has 21 heavy (non-hydrogen) atoms. The SMILES string of the molecule is CC(C)(C)OC(=O)c1csc(C(=O)N2CCS(=O)CC2)n1. The van der Waals surface area contributed by atoms with Gasteiger partial charge in [0, 0.05) is 40.8 Å². The second kappa shape index (κ2) is 6.23. The zero-order valence-corrected chi connectivity index (χ0v) is 13.9. The molecule has 0 radical (unpaired) electrons. The molecule has 0 bridgehead atoms. The fourth-order valence-corrected chi connectivity index (χ4v) is 3.58. The summed E-state index contributed by atoms with van der Waals surface area (Å²) in [5.74, 6) is 0.246. The lowest BCUT2D eigenvalue weighted by Crippen LogP contribution is -2.41. The molecule has 2 heterocycles. The van der Waals surface area contributed by atoms with Gasteiger partial charge in [0.15, 0.2) is 10.7 Å². The van der Waals surface area contributed by atoms with Crippen molar-refractivity contribution < 1.29 is 18.5 Å². The van der Waals surface area contributed by atoms with Crippen LogP contribution in [0.1, 0.15) is 41.1 Å². The van der Waals surface area contributed by atoms with E-state index in [0.29, 0.717) is 24.6 Å². The average molecular weight is 330 g/mol. The number of carbonyl (C=O) groups excluding carboxylic acids is 2. The van der Waals surface area contributed by atoms with E-state index >= 15 is 0 Å². The summed E-state index contributed by atoms with van der Waals surface area (Å²) >= 11 is 1.13. The molecule has 0 spiro atoms. The minimum absolute atomic E-state index is 0.152. The van der Waals surface area contributed by atoms with Crippen molar-refractivity contribution >= 4 is 34.0 Å². The van der Waals surface area contributed by atoms with Crippen molar-refractivity contribution in [2.24, 2.45) is 0 Å². The molecule has 1 fully saturated rings. The number of thiazole rings is 1. The fourth-order valence-electron chi connectivity index (χ4n) is 1.77. The third-order valence-corrected chi connectivity index (χ3v) is 4.87. The minimum atomic E-state index is -0.832. The standard InChI is InChI=1S/C13H18N2O4S2/c1-13(2,3)19-12(17)9-8-20-10(14-9)11(16)15-4-6-21(18)7-5-15/h8H,4-7H2,1-3H3. The van der Waals surface area contributed by atoms with Gasteiger partial charge in [-0.05, 0) is 20.8 Å². The van der Waals surface area contributed by atoms with E-state index in [1.165, 1.54) is 5.38 Å². The normalized spacial score (nSPS) is 16.8. The summed E-state index contributed by atoms with van der Waals surface area (Å²) in [5.41, 5.74) is -0.444. The smallest absolute Gasteiger partial charge is 0.358 e. The second-order valence-corrected chi connectivity index (χ2v) is 8.23. The highest BCUT2D eigenvalue weighted by molar-refractivity contribution is 7.85. The quantitative estimate of drug-likeness (QED) is 0.764. The first-order valence-corrected chi connectivity index (χ1v) is 8.96. The summed E-state index contributed by atoms with van der Waals surface area (Å²) in [4.78, 5) is 29.8. The Labute approximate surface area is 130 Å². The van der Waals surface area contributed by atoms with Gasteiger partial charge in [0.25, 0.3) is 5.91 Å². The number of amides is 1. The highest BCUT2D eigenvalue weighted by atomic mass is 32.2. The molecular formula is C13H18N2O4S2. The number of ether oxygens (including phenoxy) is 1. The van der Waals surface area contributed by atoms with Crippen molar-refractivity contribution in [3.8, 4) is 0 Å². The van der Waals surface area contributed by atoms with Gasteiger partial charge in [-0.1, -0.05) is 0 Å². The molecule has 116 valence electrons. The molecule has 1 aromatic heterocycles. The third kappa shape index (κ3) is 4.34. The van der Waals surface area contributed by atoms with Crippen molar-refractivity contribution in [3.05, 3.63) is 16.1 Å². The van der Waals surface area contributed by atoms with Gasteiger partial charge in [-0.25, -0.2) is 9.78 Å². The first-order chi connectivity index (χ1) is 9.76. The van der Waals surface area contributed by atoms with Crippen molar-refractivity contribution in [3.63, 3.8) is 0 Å². The van der Waals surface area contributed by atoms with E-state index in [1.807, 2.05) is 0 Å². The number of carbonyl (C=O) groups is 2. The van der Waals surface area contributed by atoms with Gasteiger partial charge in [-0.3, -0.25) is 9.00 Å². The summed E-state index contributed by atoms with van der Waals surface area (Å²) in [6.45, 7) is 6.26. The first-order valence-electron chi connectivity index (χ1n) is 6.59. The highest BCUT2D eigenvalue weighted by Gasteiger charge is 2.26. The predicted octanol–water partition coefficient (Wildman–Crippen LogP) is 1.30. The molecule has 1 aromatic rings. The summed E-state index contributed by atoms with van der Waals surface area (Å²) in [6, 6.07) is 0. The Morgan fingerprint density at radius 3 is 2.52 bits per heavy atom. The van der Waals surface area contributed by atoms with Crippen LogP contribution in [0.4, 0.5) is 0 Å². The third-order valence-electron chi connectivity index (χ3n) is 2.76. The van der Waals surface area contributed by atoms with Crippen LogP contribution in [0.15, 0.2) is 5.38 Å². The van der Waals surface area contributed by atoms with E-state index in [0.717, 1.165) is 11.3 Å². The lowest BCUT2D eigenvalue weighted by Gasteiger charge is -2.25. The molecule has 1 aliphatic rings. The second-order valence-electron chi connectivity index (χ2n) is 5.68. The van der Waals surface area contributed by atoms with Gasteiger partial charge in [-0.2, -0.15) is 0 Å². The van der Waals surface area contributed by atoms with Gasteiger partial charge in [0.05, 0.1) is 0 Å². The highest BCUT2D eigenvalue weighted by Crippen LogP contribution is 2.17. The molecule has 0 saturated carbocycles. The Morgan fingerprint density at radius 1 is 1.33 bits per heavy atom. The minimum Gasteiger partial charge on any atom is -0.455 e. The summed E-state index contributed by atoms with van der Waals surface area (Å²) < 4.78 is 16.5. The topological polar surface area (TPSA) is 76.6 Å². The van der Waals surface area contributed by atoms with E-state index in [9.17, 15) is 13.8 Å². The first kappa shape index (κ1) is 16.1.